The van der Waals surface area contributed by atoms with E-state index in [0.717, 1.165) is 5.56 Å². The zero-order chi connectivity index (χ0) is 20.4. The molecule has 3 aromatic rings. The van der Waals surface area contributed by atoms with Crippen LogP contribution >= 0.6 is 0 Å². The molecule has 0 aliphatic carbocycles. The summed E-state index contributed by atoms with van der Waals surface area (Å²) in [5.74, 6) is 0.920. The molecule has 9 heteroatoms. The van der Waals surface area contributed by atoms with Gasteiger partial charge in [-0.05, 0) is 29.8 Å². The molecule has 2 atom stereocenters. The number of rotatable bonds is 5. The summed E-state index contributed by atoms with van der Waals surface area (Å²) < 4.78 is 18.2. The summed E-state index contributed by atoms with van der Waals surface area (Å²) in [5.41, 5.74) is 1.70. The average molecular weight is 398 g/mol. The largest absolute Gasteiger partial charge is 0.493 e. The summed E-state index contributed by atoms with van der Waals surface area (Å²) in [6.45, 7) is 0.484. The summed E-state index contributed by atoms with van der Waals surface area (Å²) >= 11 is 0. The second-order valence-electron chi connectivity index (χ2n) is 6.63. The van der Waals surface area contributed by atoms with Crippen molar-refractivity contribution in [2.75, 3.05) is 34.0 Å². The Balaban J connectivity index is 1.76. The van der Waals surface area contributed by atoms with Gasteiger partial charge < -0.3 is 24.2 Å². The number of benzene rings is 1. The van der Waals surface area contributed by atoms with Crippen molar-refractivity contribution in [3.63, 3.8) is 0 Å². The number of methoxy groups -OCH3 is 2. The van der Waals surface area contributed by atoms with E-state index in [-0.39, 0.29) is 12.5 Å². The molecule has 1 amide bonds. The number of hydrogen-bond donors (Lipinski definition) is 1. The van der Waals surface area contributed by atoms with E-state index < -0.39 is 12.1 Å². The van der Waals surface area contributed by atoms with Crippen LogP contribution in [0.2, 0.25) is 0 Å². The molecule has 2 aromatic heterocycles. The van der Waals surface area contributed by atoms with E-state index in [9.17, 15) is 9.90 Å². The van der Waals surface area contributed by atoms with Crippen LogP contribution in [0.25, 0.3) is 5.65 Å². The minimum Gasteiger partial charge on any atom is -0.493 e. The number of aliphatic hydroxyl groups excluding tert-OH is 1. The maximum atomic E-state index is 13.5. The number of ether oxygens (including phenoxy) is 3. The molecule has 152 valence electrons. The lowest BCUT2D eigenvalue weighted by atomic mass is 9.97. The Hall–Kier alpha value is -3.17. The smallest absolute Gasteiger partial charge is 0.258 e. The highest BCUT2D eigenvalue weighted by Crippen LogP contribution is 2.36. The van der Waals surface area contributed by atoms with Crippen molar-refractivity contribution in [3.05, 3.63) is 54.0 Å². The summed E-state index contributed by atoms with van der Waals surface area (Å²) in [7, 11) is 3.12. The first-order valence-corrected chi connectivity index (χ1v) is 9.21. The molecule has 29 heavy (non-hydrogen) atoms. The highest BCUT2D eigenvalue weighted by Gasteiger charge is 2.37. The molecule has 1 fully saturated rings. The predicted octanol–water partition coefficient (Wildman–Crippen LogP) is 1.32. The molecule has 1 saturated heterocycles. The maximum Gasteiger partial charge on any atom is 0.258 e. The number of hydrogen-bond acceptors (Lipinski definition) is 7. The van der Waals surface area contributed by atoms with Gasteiger partial charge in [0.1, 0.15) is 12.4 Å². The number of aliphatic hydroxyl groups is 1. The number of morpholine rings is 1. The molecule has 0 unspecified atom stereocenters. The zero-order valence-electron chi connectivity index (χ0n) is 16.2. The van der Waals surface area contributed by atoms with Crippen LogP contribution in [0, 0.1) is 0 Å². The van der Waals surface area contributed by atoms with Crippen molar-refractivity contribution in [1.82, 2.24) is 19.5 Å². The van der Waals surface area contributed by atoms with Crippen molar-refractivity contribution < 1.29 is 24.1 Å². The quantitative estimate of drug-likeness (QED) is 0.692. The number of fused-ring (bicyclic) bond motifs is 1. The van der Waals surface area contributed by atoms with Crippen LogP contribution in [-0.2, 0) is 4.74 Å². The van der Waals surface area contributed by atoms with E-state index in [2.05, 4.69) is 10.2 Å². The minimum atomic E-state index is -0.566. The number of carbonyl (C=O) groups is 1. The first-order valence-electron chi connectivity index (χ1n) is 9.21. The van der Waals surface area contributed by atoms with Crippen LogP contribution in [-0.4, -0.2) is 70.6 Å². The number of aromatic nitrogens is 3. The van der Waals surface area contributed by atoms with Gasteiger partial charge in [0.2, 0.25) is 0 Å². The second-order valence-corrected chi connectivity index (χ2v) is 6.63. The second kappa shape index (κ2) is 8.06. The average Bonchev–Trinajstić information content (AvgIpc) is 3.26. The van der Waals surface area contributed by atoms with Gasteiger partial charge in [-0.2, -0.15) is 0 Å². The highest BCUT2D eigenvalue weighted by atomic mass is 16.5. The molecule has 1 aliphatic heterocycles. The third-order valence-corrected chi connectivity index (χ3v) is 5.10. The third kappa shape index (κ3) is 3.39. The third-order valence-electron chi connectivity index (χ3n) is 5.10. The molecule has 0 radical (unpaired) electrons. The summed E-state index contributed by atoms with van der Waals surface area (Å²) in [5, 5.41) is 17.9. The molecule has 4 rings (SSSR count). The Labute approximate surface area is 167 Å². The molecule has 1 N–H and O–H groups in total. The monoisotopic (exact) mass is 398 g/mol. The Kier molecular flexibility index (Phi) is 5.32. The molecule has 0 saturated carbocycles. The number of carbonyl (C=O) groups excluding carboxylic acids is 1. The van der Waals surface area contributed by atoms with E-state index in [1.807, 2.05) is 6.07 Å². The Morgan fingerprint density at radius 3 is 2.86 bits per heavy atom. The first-order chi connectivity index (χ1) is 14.2. The Bertz CT molecular complexity index is 1020. The minimum absolute atomic E-state index is 0.204. The van der Waals surface area contributed by atoms with Gasteiger partial charge in [0, 0.05) is 12.7 Å². The van der Waals surface area contributed by atoms with Crippen molar-refractivity contribution in [1.29, 1.82) is 0 Å². The van der Waals surface area contributed by atoms with Crippen molar-refractivity contribution in [2.24, 2.45) is 0 Å². The molecule has 3 heterocycles. The van der Waals surface area contributed by atoms with E-state index >= 15 is 0 Å². The van der Waals surface area contributed by atoms with Crippen molar-refractivity contribution >= 4 is 11.6 Å². The fraction of sp³-hybridized carbons (Fsp3) is 0.350. The van der Waals surface area contributed by atoms with E-state index in [1.54, 1.807) is 60.3 Å². The van der Waals surface area contributed by atoms with Crippen LogP contribution in [0.4, 0.5) is 0 Å². The lowest BCUT2D eigenvalue weighted by Gasteiger charge is -2.41. The zero-order valence-corrected chi connectivity index (χ0v) is 16.2. The Morgan fingerprint density at radius 1 is 1.28 bits per heavy atom. The fourth-order valence-electron chi connectivity index (χ4n) is 3.72. The molecule has 1 aromatic carbocycles. The number of amides is 1. The van der Waals surface area contributed by atoms with Crippen LogP contribution in [0.3, 0.4) is 0 Å². The van der Waals surface area contributed by atoms with Gasteiger partial charge in [0.05, 0.1) is 39.0 Å². The van der Waals surface area contributed by atoms with Crippen molar-refractivity contribution in [2.45, 2.75) is 12.1 Å². The molecular weight excluding hydrogens is 376 g/mol. The SMILES string of the molecule is COc1ccc([C@H]2[C@H](CO)OCCN2C(=O)c2cccn3cnnc23)cc1OC. The number of nitrogens with zero attached hydrogens (tertiary/aromatic N) is 4. The standard InChI is InChI=1S/C20H22N4O5/c1-27-15-6-5-13(10-16(15)28-2)18-17(11-25)29-9-8-24(18)20(26)14-4-3-7-23-12-21-22-19(14)23/h3-7,10,12,17-18,25H,8-9,11H2,1-2H3/t17-,18-/m0/s1. The molecular formula is C20H22N4O5. The molecule has 0 spiro atoms. The van der Waals surface area contributed by atoms with Gasteiger partial charge in [0.15, 0.2) is 17.1 Å². The van der Waals surface area contributed by atoms with Gasteiger partial charge >= 0.3 is 0 Å². The van der Waals surface area contributed by atoms with Gasteiger partial charge in [-0.15, -0.1) is 10.2 Å². The highest BCUT2D eigenvalue weighted by molar-refractivity contribution is 6.00. The van der Waals surface area contributed by atoms with Crippen LogP contribution in [0.5, 0.6) is 11.5 Å². The topological polar surface area (TPSA) is 98.4 Å². The Morgan fingerprint density at radius 2 is 2.10 bits per heavy atom. The van der Waals surface area contributed by atoms with E-state index in [1.165, 1.54) is 0 Å². The number of pyridine rings is 1. The normalized spacial score (nSPS) is 19.3. The molecule has 0 bridgehead atoms. The van der Waals surface area contributed by atoms with Crippen molar-refractivity contribution in [3.8, 4) is 11.5 Å². The van der Waals surface area contributed by atoms with Crippen LogP contribution in [0.1, 0.15) is 22.0 Å². The maximum absolute atomic E-state index is 13.5. The van der Waals surface area contributed by atoms with Crippen LogP contribution < -0.4 is 9.47 Å². The lowest BCUT2D eigenvalue weighted by molar-refractivity contribution is -0.0811. The predicted molar refractivity (Wildman–Crippen MR) is 103 cm³/mol. The van der Waals surface area contributed by atoms with E-state index in [0.29, 0.717) is 35.9 Å². The fourth-order valence-corrected chi connectivity index (χ4v) is 3.72. The van der Waals surface area contributed by atoms with Gasteiger partial charge in [-0.3, -0.25) is 9.20 Å². The van der Waals surface area contributed by atoms with Crippen LogP contribution in [0.15, 0.2) is 42.9 Å². The van der Waals surface area contributed by atoms with Gasteiger partial charge in [-0.25, -0.2) is 0 Å². The summed E-state index contributed by atoms with van der Waals surface area (Å²) in [6.07, 6.45) is 2.77. The lowest BCUT2D eigenvalue weighted by Crippen LogP contribution is -2.49. The molecule has 1 aliphatic rings. The van der Waals surface area contributed by atoms with E-state index in [4.69, 9.17) is 14.2 Å². The first kappa shape index (κ1) is 19.2. The summed E-state index contributed by atoms with van der Waals surface area (Å²) in [6, 6.07) is 8.43. The summed E-state index contributed by atoms with van der Waals surface area (Å²) in [4.78, 5) is 15.2. The van der Waals surface area contributed by atoms with Gasteiger partial charge in [0.25, 0.3) is 5.91 Å². The van der Waals surface area contributed by atoms with Gasteiger partial charge in [-0.1, -0.05) is 6.07 Å². The molecule has 9 nitrogen and oxygen atoms in total.